The second-order valence-electron chi connectivity index (χ2n) is 9.23. The second kappa shape index (κ2) is 11.2. The molecular weight excluding hydrogens is 448 g/mol. The molecule has 2 amide bonds. The summed E-state index contributed by atoms with van der Waals surface area (Å²) < 4.78 is 3.35. The number of imidazole rings is 1. The Morgan fingerprint density at radius 1 is 1.14 bits per heavy atom. The van der Waals surface area contributed by atoms with Gasteiger partial charge < -0.3 is 15.2 Å². The number of anilines is 2. The van der Waals surface area contributed by atoms with Crippen LogP contribution in [0.2, 0.25) is 0 Å². The van der Waals surface area contributed by atoms with Crippen molar-refractivity contribution in [2.45, 2.75) is 73.4 Å². The van der Waals surface area contributed by atoms with Crippen molar-refractivity contribution in [1.82, 2.24) is 19.1 Å². The number of nitrogens with zero attached hydrogens (tertiary/aromatic N) is 3. The molecule has 2 heterocycles. The second-order valence-corrected chi connectivity index (χ2v) is 9.23. The van der Waals surface area contributed by atoms with E-state index in [1.165, 1.54) is 11.5 Å². The van der Waals surface area contributed by atoms with Crippen LogP contribution in [0.15, 0.2) is 27.8 Å². The van der Waals surface area contributed by atoms with E-state index >= 15 is 0 Å². The normalized spacial score (nSPS) is 11.3. The van der Waals surface area contributed by atoms with Crippen LogP contribution in [0.3, 0.4) is 0 Å². The van der Waals surface area contributed by atoms with Crippen molar-refractivity contribution in [2.75, 3.05) is 10.6 Å². The minimum absolute atomic E-state index is 0.158. The summed E-state index contributed by atoms with van der Waals surface area (Å²) in [5.74, 6) is 0.480. The Morgan fingerprint density at radius 3 is 2.51 bits per heavy atom. The lowest BCUT2D eigenvalue weighted by Crippen LogP contribution is -2.31. The summed E-state index contributed by atoms with van der Waals surface area (Å²) in [6.45, 7) is 10.4. The van der Waals surface area contributed by atoms with Crippen molar-refractivity contribution in [3.05, 3.63) is 50.4 Å². The van der Waals surface area contributed by atoms with E-state index in [9.17, 15) is 19.2 Å². The number of aromatic amines is 1. The van der Waals surface area contributed by atoms with Gasteiger partial charge in [0.05, 0.1) is 0 Å². The lowest BCUT2D eigenvalue weighted by molar-refractivity contribution is -0.116. The Kier molecular flexibility index (Phi) is 8.26. The van der Waals surface area contributed by atoms with Gasteiger partial charge in [-0.2, -0.15) is 0 Å². The first-order valence-electron chi connectivity index (χ1n) is 12.0. The standard InChI is InChI=1S/C25H34N6O4/c1-6-7-12-30-23-22(24(34)29-25(30)35)31(14-15(2)3)20(28-23)10-11-21(33)27-18-8-9-19(16(4)13-18)26-17(5)32/h8-9,13,15H,6-7,10-12,14H2,1-5H3,(H,26,32)(H,27,33)(H,29,34,35). The molecule has 0 atom stereocenters. The SMILES string of the molecule is CCCCn1c(=O)[nH]c(=O)c2c1nc(CCC(=O)Nc1ccc(NC(C)=O)c(C)c1)n2CC(C)C. The van der Waals surface area contributed by atoms with E-state index in [0.29, 0.717) is 47.9 Å². The number of rotatable bonds is 10. The number of aryl methyl sites for hydroxylation is 3. The number of nitrogens with one attached hydrogen (secondary N) is 3. The average molecular weight is 483 g/mol. The monoisotopic (exact) mass is 482 g/mol. The molecule has 0 aliphatic rings. The minimum atomic E-state index is -0.465. The first-order chi connectivity index (χ1) is 16.6. The van der Waals surface area contributed by atoms with E-state index in [1.807, 2.05) is 32.3 Å². The molecule has 10 heteroatoms. The number of aromatic nitrogens is 4. The van der Waals surface area contributed by atoms with Crippen molar-refractivity contribution in [3.8, 4) is 0 Å². The van der Waals surface area contributed by atoms with Gasteiger partial charge in [0.2, 0.25) is 11.8 Å². The zero-order valence-corrected chi connectivity index (χ0v) is 21.0. The van der Waals surface area contributed by atoms with Gasteiger partial charge >= 0.3 is 5.69 Å². The number of hydrogen-bond acceptors (Lipinski definition) is 5. The highest BCUT2D eigenvalue weighted by atomic mass is 16.2. The Morgan fingerprint density at radius 2 is 1.89 bits per heavy atom. The van der Waals surface area contributed by atoms with Crippen molar-refractivity contribution in [1.29, 1.82) is 0 Å². The number of amides is 2. The fraction of sp³-hybridized carbons (Fsp3) is 0.480. The molecule has 0 radical (unpaired) electrons. The molecule has 2 aromatic heterocycles. The summed E-state index contributed by atoms with van der Waals surface area (Å²) in [5, 5.41) is 5.62. The van der Waals surface area contributed by atoms with Gasteiger partial charge in [-0.1, -0.05) is 27.2 Å². The molecule has 0 bridgehead atoms. The smallest absolute Gasteiger partial charge is 0.326 e. The highest BCUT2D eigenvalue weighted by Gasteiger charge is 2.20. The van der Waals surface area contributed by atoms with Crippen LogP contribution < -0.4 is 21.9 Å². The molecule has 0 saturated heterocycles. The molecule has 3 rings (SSSR count). The molecule has 0 unspecified atom stereocenters. The maximum absolute atomic E-state index is 12.7. The van der Waals surface area contributed by atoms with Gasteiger partial charge in [0.1, 0.15) is 5.82 Å². The van der Waals surface area contributed by atoms with Crippen LogP contribution in [0.4, 0.5) is 11.4 Å². The van der Waals surface area contributed by atoms with Gasteiger partial charge in [-0.25, -0.2) is 9.78 Å². The first-order valence-corrected chi connectivity index (χ1v) is 12.0. The molecular formula is C25H34N6O4. The Balaban J connectivity index is 1.85. The molecule has 10 nitrogen and oxygen atoms in total. The topological polar surface area (TPSA) is 131 Å². The predicted octanol–water partition coefficient (Wildman–Crippen LogP) is 3.18. The number of carbonyl (C=O) groups is 2. The zero-order valence-electron chi connectivity index (χ0n) is 21.0. The van der Waals surface area contributed by atoms with E-state index in [2.05, 4.69) is 20.6 Å². The number of unbranched alkanes of at least 4 members (excludes halogenated alkanes) is 1. The molecule has 0 saturated carbocycles. The molecule has 0 aliphatic carbocycles. The Hall–Kier alpha value is -3.69. The summed E-state index contributed by atoms with van der Waals surface area (Å²) in [6.07, 6.45) is 2.16. The molecule has 0 fully saturated rings. The van der Waals surface area contributed by atoms with Crippen molar-refractivity contribution in [3.63, 3.8) is 0 Å². The van der Waals surface area contributed by atoms with Gasteiger partial charge in [0, 0.05) is 44.2 Å². The van der Waals surface area contributed by atoms with Gasteiger partial charge in [0.25, 0.3) is 5.56 Å². The summed E-state index contributed by atoms with van der Waals surface area (Å²) in [6, 6.07) is 5.27. The van der Waals surface area contributed by atoms with Crippen LogP contribution in [-0.4, -0.2) is 30.9 Å². The molecule has 1 aromatic carbocycles. The zero-order chi connectivity index (χ0) is 25.7. The highest BCUT2D eigenvalue weighted by molar-refractivity contribution is 5.93. The fourth-order valence-corrected chi connectivity index (χ4v) is 4.01. The van der Waals surface area contributed by atoms with Gasteiger partial charge in [-0.05, 0) is 43.0 Å². The average Bonchev–Trinajstić information content (AvgIpc) is 3.11. The number of benzene rings is 1. The van der Waals surface area contributed by atoms with E-state index in [0.717, 1.165) is 18.4 Å². The third kappa shape index (κ3) is 6.26. The third-order valence-corrected chi connectivity index (χ3v) is 5.64. The van der Waals surface area contributed by atoms with Gasteiger partial charge in [-0.15, -0.1) is 0 Å². The molecule has 0 aliphatic heterocycles. The minimum Gasteiger partial charge on any atom is -0.326 e. The van der Waals surface area contributed by atoms with Crippen LogP contribution in [-0.2, 0) is 29.1 Å². The van der Waals surface area contributed by atoms with Gasteiger partial charge in [0.15, 0.2) is 11.2 Å². The summed E-state index contributed by atoms with van der Waals surface area (Å²) >= 11 is 0. The van der Waals surface area contributed by atoms with Crippen LogP contribution in [0, 0.1) is 12.8 Å². The van der Waals surface area contributed by atoms with E-state index in [1.54, 1.807) is 18.2 Å². The van der Waals surface area contributed by atoms with Crippen molar-refractivity contribution < 1.29 is 9.59 Å². The van der Waals surface area contributed by atoms with Crippen LogP contribution in [0.5, 0.6) is 0 Å². The predicted molar refractivity (Wildman–Crippen MR) is 137 cm³/mol. The molecule has 3 N–H and O–H groups in total. The number of carbonyl (C=O) groups excluding carboxylic acids is 2. The molecule has 0 spiro atoms. The van der Waals surface area contributed by atoms with Crippen molar-refractivity contribution >= 4 is 34.4 Å². The number of hydrogen-bond donors (Lipinski definition) is 3. The van der Waals surface area contributed by atoms with Crippen LogP contribution in [0.25, 0.3) is 11.2 Å². The largest absolute Gasteiger partial charge is 0.330 e. The quantitative estimate of drug-likeness (QED) is 0.408. The van der Waals surface area contributed by atoms with Crippen LogP contribution >= 0.6 is 0 Å². The molecule has 188 valence electrons. The van der Waals surface area contributed by atoms with E-state index in [-0.39, 0.29) is 24.2 Å². The Bertz CT molecular complexity index is 1350. The maximum atomic E-state index is 12.7. The molecule has 35 heavy (non-hydrogen) atoms. The van der Waals surface area contributed by atoms with E-state index in [4.69, 9.17) is 0 Å². The third-order valence-electron chi connectivity index (χ3n) is 5.64. The highest BCUT2D eigenvalue weighted by Crippen LogP contribution is 2.20. The van der Waals surface area contributed by atoms with Gasteiger partial charge in [-0.3, -0.25) is 23.9 Å². The van der Waals surface area contributed by atoms with Crippen molar-refractivity contribution in [2.24, 2.45) is 5.92 Å². The lowest BCUT2D eigenvalue weighted by atomic mass is 10.1. The summed E-state index contributed by atoms with van der Waals surface area (Å²) in [5.41, 5.74) is 1.96. The first kappa shape index (κ1) is 25.9. The number of H-pyrrole nitrogens is 1. The fourth-order valence-electron chi connectivity index (χ4n) is 4.01. The summed E-state index contributed by atoms with van der Waals surface area (Å²) in [4.78, 5) is 56.2. The number of fused-ring (bicyclic) bond motifs is 1. The molecule has 3 aromatic rings. The van der Waals surface area contributed by atoms with Crippen LogP contribution in [0.1, 0.15) is 58.3 Å². The Labute approximate surface area is 203 Å². The van der Waals surface area contributed by atoms with E-state index < -0.39 is 11.2 Å². The maximum Gasteiger partial charge on any atom is 0.330 e. The lowest BCUT2D eigenvalue weighted by Gasteiger charge is -2.12. The summed E-state index contributed by atoms with van der Waals surface area (Å²) in [7, 11) is 0.